The Balaban J connectivity index is 1.60. The largest absolute Gasteiger partial charge is 0.496 e. The monoisotopic (exact) mass is 439 g/mol. The van der Waals surface area contributed by atoms with Crippen molar-refractivity contribution in [3.8, 4) is 0 Å². The molecule has 3 atom stereocenters. The number of hydrogen-bond donors (Lipinski definition) is 2. The van der Waals surface area contributed by atoms with Crippen molar-refractivity contribution < 1.29 is 19.1 Å². The Hall–Kier alpha value is -1.89. The van der Waals surface area contributed by atoms with Crippen molar-refractivity contribution in [2.45, 2.75) is 89.0 Å². The highest BCUT2D eigenvalue weighted by atomic mass is 35.5. The second-order valence-corrected chi connectivity index (χ2v) is 8.69. The Morgan fingerprint density at radius 1 is 1.17 bits per heavy atom. The Morgan fingerprint density at radius 3 is 2.67 bits per heavy atom. The predicted molar refractivity (Wildman–Crippen MR) is 117 cm³/mol. The van der Waals surface area contributed by atoms with Crippen molar-refractivity contribution in [3.05, 3.63) is 11.8 Å². The van der Waals surface area contributed by atoms with E-state index in [4.69, 9.17) is 16.3 Å². The molecule has 30 heavy (non-hydrogen) atoms. The number of nitrogens with zero attached hydrogens (tertiary/aromatic N) is 1. The van der Waals surface area contributed by atoms with Crippen LogP contribution in [0.5, 0.6) is 0 Å². The number of nitrogens with one attached hydrogen (secondary N) is 2. The number of rotatable bonds is 12. The smallest absolute Gasteiger partial charge is 0.259 e. The van der Waals surface area contributed by atoms with Gasteiger partial charge >= 0.3 is 0 Å². The topological polar surface area (TPSA) is 96.9 Å². The summed E-state index contributed by atoms with van der Waals surface area (Å²) < 4.78 is 5.62. The number of hydrogen-bond acceptors (Lipinski definition) is 5. The summed E-state index contributed by atoms with van der Waals surface area (Å²) in [4.78, 5) is 36.1. The van der Waals surface area contributed by atoms with Crippen LogP contribution in [0.15, 0.2) is 16.9 Å². The summed E-state index contributed by atoms with van der Waals surface area (Å²) in [5.41, 5.74) is 2.63. The van der Waals surface area contributed by atoms with Crippen LogP contribution < -0.4 is 10.7 Å². The fourth-order valence-corrected chi connectivity index (χ4v) is 4.10. The molecule has 2 N–H and O–H groups in total. The van der Waals surface area contributed by atoms with Gasteiger partial charge in [0.05, 0.1) is 30.5 Å². The number of amides is 2. The molecular formula is C22H34ClN3O4. The molecule has 7 nitrogen and oxygen atoms in total. The number of ketones is 1. The summed E-state index contributed by atoms with van der Waals surface area (Å²) in [5.74, 6) is -0.896. The van der Waals surface area contributed by atoms with E-state index in [0.717, 1.165) is 32.1 Å². The van der Waals surface area contributed by atoms with Crippen LogP contribution in [0.4, 0.5) is 0 Å². The van der Waals surface area contributed by atoms with E-state index in [9.17, 15) is 14.4 Å². The number of alkyl halides is 1. The van der Waals surface area contributed by atoms with E-state index < -0.39 is 5.91 Å². The summed E-state index contributed by atoms with van der Waals surface area (Å²) in [6.07, 6.45) is 13.2. The molecule has 3 unspecified atom stereocenters. The molecule has 2 amide bonds. The first kappa shape index (κ1) is 24.4. The van der Waals surface area contributed by atoms with Crippen molar-refractivity contribution >= 4 is 35.4 Å². The SMILES string of the molecule is CCCCCCCCCC(=O)NCC(=O)N/N=C/C1=COC2CCC(Cl)CC2C1=O. The van der Waals surface area contributed by atoms with E-state index in [-0.39, 0.29) is 35.6 Å². The molecular weight excluding hydrogens is 406 g/mol. The molecule has 0 bridgehead atoms. The summed E-state index contributed by atoms with van der Waals surface area (Å²) in [7, 11) is 0. The molecule has 168 valence electrons. The lowest BCUT2D eigenvalue weighted by Crippen LogP contribution is -2.40. The van der Waals surface area contributed by atoms with Crippen LogP contribution in [0, 0.1) is 5.92 Å². The first-order valence-electron chi connectivity index (χ1n) is 11.1. The van der Waals surface area contributed by atoms with E-state index in [0.29, 0.717) is 18.4 Å². The van der Waals surface area contributed by atoms with Gasteiger partial charge in [-0.25, -0.2) is 5.43 Å². The summed E-state index contributed by atoms with van der Waals surface area (Å²) in [6.45, 7) is 2.04. The Kier molecular flexibility index (Phi) is 10.9. The van der Waals surface area contributed by atoms with Gasteiger partial charge < -0.3 is 10.1 Å². The molecule has 0 aromatic heterocycles. The van der Waals surface area contributed by atoms with Crippen LogP contribution in [0.1, 0.15) is 77.6 Å². The Labute approximate surface area is 184 Å². The molecule has 0 aromatic carbocycles. The van der Waals surface area contributed by atoms with Crippen molar-refractivity contribution in [2.24, 2.45) is 11.0 Å². The van der Waals surface area contributed by atoms with Crippen LogP contribution in [0.2, 0.25) is 0 Å². The second kappa shape index (κ2) is 13.4. The lowest BCUT2D eigenvalue weighted by atomic mass is 9.80. The Bertz CT molecular complexity index is 650. The van der Waals surface area contributed by atoms with Gasteiger partial charge in [0.15, 0.2) is 5.78 Å². The third-order valence-electron chi connectivity index (χ3n) is 5.56. The van der Waals surface area contributed by atoms with Crippen molar-refractivity contribution in [2.75, 3.05) is 6.54 Å². The first-order chi connectivity index (χ1) is 14.5. The molecule has 1 aliphatic carbocycles. The van der Waals surface area contributed by atoms with Crippen molar-refractivity contribution in [3.63, 3.8) is 0 Å². The van der Waals surface area contributed by atoms with E-state index in [1.165, 1.54) is 38.2 Å². The van der Waals surface area contributed by atoms with Gasteiger partial charge in [0, 0.05) is 11.8 Å². The van der Waals surface area contributed by atoms with E-state index in [1.807, 2.05) is 0 Å². The maximum Gasteiger partial charge on any atom is 0.259 e. The van der Waals surface area contributed by atoms with Gasteiger partial charge in [-0.3, -0.25) is 14.4 Å². The van der Waals surface area contributed by atoms with E-state index in [2.05, 4.69) is 22.8 Å². The average Bonchev–Trinajstić information content (AvgIpc) is 2.73. The van der Waals surface area contributed by atoms with Crippen molar-refractivity contribution in [1.82, 2.24) is 10.7 Å². The molecule has 2 aliphatic rings. The number of unbranched alkanes of at least 4 members (excludes halogenated alkanes) is 6. The molecule has 1 heterocycles. The quantitative estimate of drug-likeness (QED) is 0.210. The predicted octanol–water partition coefficient (Wildman–Crippen LogP) is 3.60. The van der Waals surface area contributed by atoms with Crippen molar-refractivity contribution in [1.29, 1.82) is 0 Å². The lowest BCUT2D eigenvalue weighted by molar-refractivity contribution is -0.126. The summed E-state index contributed by atoms with van der Waals surface area (Å²) in [5, 5.41) is 6.39. The van der Waals surface area contributed by atoms with Gasteiger partial charge in [-0.15, -0.1) is 11.6 Å². The number of ether oxygens (including phenoxy) is 1. The maximum absolute atomic E-state index is 12.5. The number of carbonyl (C=O) groups excluding carboxylic acids is 3. The molecule has 0 aromatic rings. The second-order valence-electron chi connectivity index (χ2n) is 8.07. The van der Waals surface area contributed by atoms with Crippen LogP contribution in [0.25, 0.3) is 0 Å². The van der Waals surface area contributed by atoms with Crippen LogP contribution in [-0.4, -0.2) is 41.8 Å². The van der Waals surface area contributed by atoms with Crippen LogP contribution in [-0.2, 0) is 19.1 Å². The number of Topliss-reactive ketones (excluding diaryl/α,β-unsaturated/α-hetero) is 1. The van der Waals surface area contributed by atoms with Gasteiger partial charge in [-0.1, -0.05) is 45.4 Å². The fourth-order valence-electron chi connectivity index (χ4n) is 3.78. The number of allylic oxidation sites excluding steroid dienone is 1. The Morgan fingerprint density at radius 2 is 1.90 bits per heavy atom. The molecule has 8 heteroatoms. The highest BCUT2D eigenvalue weighted by molar-refractivity contribution is 6.21. The summed E-state index contributed by atoms with van der Waals surface area (Å²) >= 11 is 6.17. The maximum atomic E-state index is 12.5. The molecule has 1 fully saturated rings. The molecule has 1 saturated carbocycles. The molecule has 0 saturated heterocycles. The number of fused-ring (bicyclic) bond motifs is 1. The zero-order chi connectivity index (χ0) is 21.8. The van der Waals surface area contributed by atoms with Gasteiger partial charge in [-0.05, 0) is 25.7 Å². The minimum atomic E-state index is -0.444. The van der Waals surface area contributed by atoms with Gasteiger partial charge in [0.2, 0.25) is 5.91 Å². The molecule has 0 spiro atoms. The highest BCUT2D eigenvalue weighted by Crippen LogP contribution is 2.34. The van der Waals surface area contributed by atoms with E-state index >= 15 is 0 Å². The van der Waals surface area contributed by atoms with Gasteiger partial charge in [-0.2, -0.15) is 5.10 Å². The van der Waals surface area contributed by atoms with Gasteiger partial charge in [0.25, 0.3) is 5.91 Å². The normalized spacial score (nSPS) is 23.5. The van der Waals surface area contributed by atoms with Gasteiger partial charge in [0.1, 0.15) is 6.10 Å². The third-order valence-corrected chi connectivity index (χ3v) is 5.96. The number of halogens is 1. The van der Waals surface area contributed by atoms with Crippen LogP contribution in [0.3, 0.4) is 0 Å². The standard InChI is InChI=1S/C22H34ClN3O4/c1-2-3-4-5-6-7-8-9-20(27)24-14-21(28)26-25-13-16-15-30-19-11-10-17(23)12-18(19)22(16)29/h13,15,17-19H,2-12,14H2,1H3,(H,24,27)(H,26,28)/b25-13+. The van der Waals surface area contributed by atoms with Crippen LogP contribution >= 0.6 is 11.6 Å². The fraction of sp³-hybridized carbons (Fsp3) is 0.727. The molecule has 0 radical (unpaired) electrons. The minimum Gasteiger partial charge on any atom is -0.496 e. The third kappa shape index (κ3) is 8.46. The average molecular weight is 440 g/mol. The first-order valence-corrected chi connectivity index (χ1v) is 11.6. The number of carbonyl (C=O) groups is 3. The minimum absolute atomic E-state index is 0.0144. The highest BCUT2D eigenvalue weighted by Gasteiger charge is 2.39. The number of hydrazone groups is 1. The zero-order valence-electron chi connectivity index (χ0n) is 17.8. The molecule has 1 aliphatic heterocycles. The summed E-state index contributed by atoms with van der Waals surface area (Å²) in [6, 6.07) is 0. The van der Waals surface area contributed by atoms with E-state index in [1.54, 1.807) is 0 Å². The zero-order valence-corrected chi connectivity index (χ0v) is 18.6. The molecule has 2 rings (SSSR count). The lowest BCUT2D eigenvalue weighted by Gasteiger charge is -2.35.